The molecule has 4 N–H and O–H groups in total. The van der Waals surface area contributed by atoms with Crippen LogP contribution in [-0.2, 0) is 19.1 Å². The van der Waals surface area contributed by atoms with E-state index in [4.69, 9.17) is 10.5 Å². The van der Waals surface area contributed by atoms with Crippen LogP contribution in [-0.4, -0.2) is 53.4 Å². The molecule has 0 radical (unpaired) electrons. The number of amides is 4. The zero-order valence-electron chi connectivity index (χ0n) is 21.5. The molecule has 2 atom stereocenters. The number of benzene rings is 1. The average molecular weight is 477 g/mol. The molecule has 34 heavy (non-hydrogen) atoms. The van der Waals surface area contributed by atoms with Crippen LogP contribution in [0.15, 0.2) is 18.2 Å². The van der Waals surface area contributed by atoms with Crippen molar-refractivity contribution in [3.05, 3.63) is 34.9 Å². The van der Waals surface area contributed by atoms with Crippen molar-refractivity contribution in [3.8, 4) is 0 Å². The summed E-state index contributed by atoms with van der Waals surface area (Å²) in [4.78, 5) is 52.5. The van der Waals surface area contributed by atoms with Gasteiger partial charge in [0.1, 0.15) is 17.7 Å². The number of nitrogens with one attached hydrogen (secondary N) is 2. The minimum Gasteiger partial charge on any atom is -0.444 e. The smallest absolute Gasteiger partial charge is 0.408 e. The van der Waals surface area contributed by atoms with Crippen molar-refractivity contribution < 1.29 is 23.9 Å². The highest BCUT2D eigenvalue weighted by Gasteiger charge is 2.37. The Bertz CT molecular complexity index is 858. The van der Waals surface area contributed by atoms with E-state index >= 15 is 0 Å². The topological polar surface area (TPSA) is 131 Å². The van der Waals surface area contributed by atoms with Crippen LogP contribution in [0.25, 0.3) is 0 Å². The maximum atomic E-state index is 13.7. The molecule has 0 aliphatic heterocycles. The van der Waals surface area contributed by atoms with Gasteiger partial charge in [0.2, 0.25) is 17.7 Å². The molecule has 1 aromatic rings. The zero-order valence-corrected chi connectivity index (χ0v) is 21.5. The molecule has 190 valence electrons. The molecule has 0 aliphatic carbocycles. The van der Waals surface area contributed by atoms with Crippen LogP contribution in [0.3, 0.4) is 0 Å². The number of nitrogens with two attached hydrogens (primary N) is 1. The summed E-state index contributed by atoms with van der Waals surface area (Å²) in [6.07, 6.45) is 0.436. The first kappa shape index (κ1) is 28.9. The number of carbonyl (C=O) groups excluding carboxylic acids is 4. The largest absolute Gasteiger partial charge is 0.444 e. The molecule has 9 nitrogen and oxygen atoms in total. The molecule has 0 aromatic heterocycles. The second-order valence-electron chi connectivity index (χ2n) is 9.35. The van der Waals surface area contributed by atoms with Gasteiger partial charge in [-0.15, -0.1) is 0 Å². The van der Waals surface area contributed by atoms with Crippen LogP contribution in [0.5, 0.6) is 0 Å². The fourth-order valence-corrected chi connectivity index (χ4v) is 3.69. The monoisotopic (exact) mass is 476 g/mol. The number of unbranched alkanes of at least 4 members (excludes halogenated alkanes) is 1. The third-order valence-electron chi connectivity index (χ3n) is 5.22. The number of primary amides is 1. The lowest BCUT2D eigenvalue weighted by atomic mass is 9.93. The lowest BCUT2D eigenvalue weighted by Gasteiger charge is -2.34. The number of likely N-dealkylation sites (N-methyl/N-ethyl adjacent to an activating group) is 1. The SMILES string of the molecule is CCCCNC(=O)C(c1c(C)cccc1C)N(CC)C(=O)C(CC(N)=O)NC(=O)OC(C)(C)C. The van der Waals surface area contributed by atoms with Crippen molar-refractivity contribution in [3.63, 3.8) is 0 Å². The molecule has 4 amide bonds. The summed E-state index contributed by atoms with van der Waals surface area (Å²) in [6, 6.07) is 3.44. The van der Waals surface area contributed by atoms with Crippen LogP contribution in [0.4, 0.5) is 4.79 Å². The van der Waals surface area contributed by atoms with Crippen molar-refractivity contribution in [2.24, 2.45) is 5.73 Å². The van der Waals surface area contributed by atoms with Gasteiger partial charge in [-0.1, -0.05) is 31.5 Å². The number of alkyl carbamates (subject to hydrolysis) is 1. The van der Waals surface area contributed by atoms with Crippen molar-refractivity contribution in [1.82, 2.24) is 15.5 Å². The first-order valence-electron chi connectivity index (χ1n) is 11.7. The third kappa shape index (κ3) is 8.68. The van der Waals surface area contributed by atoms with Gasteiger partial charge in [0.25, 0.3) is 0 Å². The summed E-state index contributed by atoms with van der Waals surface area (Å²) in [5, 5.41) is 5.38. The van der Waals surface area contributed by atoms with Crippen LogP contribution < -0.4 is 16.4 Å². The minimum atomic E-state index is -1.28. The molecule has 2 unspecified atom stereocenters. The van der Waals surface area contributed by atoms with Gasteiger partial charge in [-0.25, -0.2) is 4.79 Å². The molecular weight excluding hydrogens is 436 g/mol. The lowest BCUT2D eigenvalue weighted by molar-refractivity contribution is -0.143. The number of aryl methyl sites for hydroxylation is 2. The Morgan fingerprint density at radius 2 is 1.68 bits per heavy atom. The highest BCUT2D eigenvalue weighted by atomic mass is 16.6. The normalized spacial score (nSPS) is 12.9. The van der Waals surface area contributed by atoms with Crippen molar-refractivity contribution >= 4 is 23.8 Å². The molecule has 9 heteroatoms. The van der Waals surface area contributed by atoms with E-state index in [1.807, 2.05) is 39.0 Å². The molecular formula is C25H40N4O5. The zero-order chi connectivity index (χ0) is 26.1. The Balaban J connectivity index is 3.42. The number of hydrogen-bond donors (Lipinski definition) is 3. The predicted molar refractivity (Wildman–Crippen MR) is 131 cm³/mol. The third-order valence-corrected chi connectivity index (χ3v) is 5.22. The second-order valence-corrected chi connectivity index (χ2v) is 9.35. The maximum Gasteiger partial charge on any atom is 0.408 e. The Labute approximate surface area is 202 Å². The standard InChI is InChI=1S/C25H40N4O5/c1-8-10-14-27-22(31)21(20-16(3)12-11-13-17(20)4)29(9-2)23(32)18(15-19(26)30)28-24(33)34-25(5,6)7/h11-13,18,21H,8-10,14-15H2,1-7H3,(H2,26,30)(H,27,31)(H,28,33). The molecule has 1 aromatic carbocycles. The Hall–Kier alpha value is -3.10. The number of hydrogen-bond acceptors (Lipinski definition) is 5. The molecule has 0 spiro atoms. The highest BCUT2D eigenvalue weighted by molar-refractivity contribution is 5.94. The molecule has 0 heterocycles. The van der Waals surface area contributed by atoms with Crippen LogP contribution in [0.1, 0.15) is 76.6 Å². The summed E-state index contributed by atoms with van der Waals surface area (Å²) in [7, 11) is 0. The summed E-state index contributed by atoms with van der Waals surface area (Å²) in [5.74, 6) is -1.68. The number of ether oxygens (including phenoxy) is 1. The van der Waals surface area contributed by atoms with E-state index in [-0.39, 0.29) is 12.5 Å². The lowest BCUT2D eigenvalue weighted by Crippen LogP contribution is -2.54. The first-order chi connectivity index (χ1) is 15.8. The number of nitrogens with zero attached hydrogens (tertiary/aromatic N) is 1. The summed E-state index contributed by atoms with van der Waals surface area (Å²) in [5.41, 5.74) is 6.99. The molecule has 0 aliphatic rings. The minimum absolute atomic E-state index is 0.170. The summed E-state index contributed by atoms with van der Waals surface area (Å²) >= 11 is 0. The average Bonchev–Trinajstić information content (AvgIpc) is 2.70. The molecule has 0 saturated carbocycles. The first-order valence-corrected chi connectivity index (χ1v) is 11.7. The summed E-state index contributed by atoms with van der Waals surface area (Å²) < 4.78 is 5.26. The van der Waals surface area contributed by atoms with Crippen LogP contribution in [0, 0.1) is 13.8 Å². The quantitative estimate of drug-likeness (QED) is 0.423. The van der Waals surface area contributed by atoms with E-state index in [0.717, 1.165) is 24.0 Å². The molecule has 0 bridgehead atoms. The van der Waals surface area contributed by atoms with Crippen molar-refractivity contribution in [2.45, 2.75) is 85.4 Å². The van der Waals surface area contributed by atoms with Gasteiger partial charge >= 0.3 is 6.09 Å². The van der Waals surface area contributed by atoms with Crippen molar-refractivity contribution in [2.75, 3.05) is 13.1 Å². The molecule has 0 saturated heterocycles. The van der Waals surface area contributed by atoms with Gasteiger partial charge in [0.05, 0.1) is 6.42 Å². The van der Waals surface area contributed by atoms with Gasteiger partial charge in [-0.05, 0) is 64.7 Å². The van der Waals surface area contributed by atoms with E-state index in [2.05, 4.69) is 10.6 Å². The van der Waals surface area contributed by atoms with Gasteiger partial charge in [0.15, 0.2) is 0 Å². The van der Waals surface area contributed by atoms with E-state index < -0.39 is 42.0 Å². The van der Waals surface area contributed by atoms with Crippen molar-refractivity contribution in [1.29, 1.82) is 0 Å². The van der Waals surface area contributed by atoms with Gasteiger partial charge in [-0.3, -0.25) is 14.4 Å². The number of rotatable bonds is 11. The van der Waals surface area contributed by atoms with Crippen LogP contribution in [0.2, 0.25) is 0 Å². The fourth-order valence-electron chi connectivity index (χ4n) is 3.69. The van der Waals surface area contributed by atoms with Gasteiger partial charge in [-0.2, -0.15) is 0 Å². The van der Waals surface area contributed by atoms with E-state index in [9.17, 15) is 19.2 Å². The molecule has 1 rings (SSSR count). The Kier molecular flexibility index (Phi) is 11.0. The molecule has 0 fully saturated rings. The number of carbonyl (C=O) groups is 4. The fraction of sp³-hybridized carbons (Fsp3) is 0.600. The summed E-state index contributed by atoms with van der Waals surface area (Å²) in [6.45, 7) is 13.2. The van der Waals surface area contributed by atoms with E-state index in [0.29, 0.717) is 12.1 Å². The second kappa shape index (κ2) is 13.0. The van der Waals surface area contributed by atoms with Gasteiger partial charge in [0, 0.05) is 13.1 Å². The Morgan fingerprint density at radius 3 is 2.15 bits per heavy atom. The van der Waals surface area contributed by atoms with E-state index in [1.54, 1.807) is 27.7 Å². The predicted octanol–water partition coefficient (Wildman–Crippen LogP) is 2.88. The maximum absolute atomic E-state index is 13.7. The van der Waals surface area contributed by atoms with Gasteiger partial charge < -0.3 is 26.0 Å². The van der Waals surface area contributed by atoms with Crippen LogP contribution >= 0.6 is 0 Å². The Morgan fingerprint density at radius 1 is 1.09 bits per heavy atom. The van der Waals surface area contributed by atoms with E-state index in [1.165, 1.54) is 4.90 Å². The highest BCUT2D eigenvalue weighted by Crippen LogP contribution is 2.28.